The van der Waals surface area contributed by atoms with Crippen molar-refractivity contribution in [3.05, 3.63) is 62.7 Å². The van der Waals surface area contributed by atoms with Gasteiger partial charge in [-0.25, -0.2) is 5.43 Å². The number of hydrogen-bond donors (Lipinski definition) is 3. The third kappa shape index (κ3) is 6.06. The lowest BCUT2D eigenvalue weighted by molar-refractivity contribution is -0.385. The number of amides is 2. The highest BCUT2D eigenvalue weighted by Crippen LogP contribution is 2.25. The van der Waals surface area contributed by atoms with E-state index in [1.54, 1.807) is 18.2 Å². The molecule has 2 aromatic carbocycles. The molecule has 3 N–H and O–H groups in total. The monoisotopic (exact) mass is 404 g/mol. The van der Waals surface area contributed by atoms with Gasteiger partial charge in [-0.05, 0) is 36.8 Å². The number of halogens is 1. The number of nitrogens with one attached hydrogen (secondary N) is 2. The molecule has 2 rings (SSSR count). The number of phenols is 1. The van der Waals surface area contributed by atoms with E-state index in [9.17, 15) is 24.8 Å². The summed E-state index contributed by atoms with van der Waals surface area (Å²) >= 11 is 5.99. The van der Waals surface area contributed by atoms with Gasteiger partial charge in [0, 0.05) is 35.2 Å². The van der Waals surface area contributed by atoms with Crippen molar-refractivity contribution in [3.8, 4) is 5.75 Å². The normalized spacial score (nSPS) is 10.6. The zero-order valence-electron chi connectivity index (χ0n) is 14.8. The summed E-state index contributed by atoms with van der Waals surface area (Å²) in [4.78, 5) is 33.7. The van der Waals surface area contributed by atoms with Gasteiger partial charge in [0.1, 0.15) is 0 Å². The van der Waals surface area contributed by atoms with Crippen LogP contribution in [0.15, 0.2) is 41.5 Å². The first-order chi connectivity index (χ1) is 13.3. The quantitative estimate of drug-likeness (QED) is 0.370. The fourth-order valence-electron chi connectivity index (χ4n) is 2.12. The van der Waals surface area contributed by atoms with Gasteiger partial charge in [-0.15, -0.1) is 0 Å². The van der Waals surface area contributed by atoms with Gasteiger partial charge in [0.25, 0.3) is 0 Å². The maximum atomic E-state index is 11.9. The predicted molar refractivity (Wildman–Crippen MR) is 105 cm³/mol. The summed E-state index contributed by atoms with van der Waals surface area (Å²) in [6.45, 7) is 1.84. The van der Waals surface area contributed by atoms with Crippen LogP contribution in [0.25, 0.3) is 0 Å². The Kier molecular flexibility index (Phi) is 7.05. The third-order valence-electron chi connectivity index (χ3n) is 3.63. The average Bonchev–Trinajstić information content (AvgIpc) is 2.64. The van der Waals surface area contributed by atoms with Crippen molar-refractivity contribution in [2.24, 2.45) is 5.10 Å². The van der Waals surface area contributed by atoms with Crippen molar-refractivity contribution in [3.63, 3.8) is 0 Å². The molecule has 0 aliphatic carbocycles. The van der Waals surface area contributed by atoms with Crippen molar-refractivity contribution in [1.29, 1.82) is 0 Å². The first kappa shape index (κ1) is 20.8. The number of aryl methyl sites for hydroxylation is 1. The van der Waals surface area contributed by atoms with Gasteiger partial charge in [0.15, 0.2) is 5.75 Å². The van der Waals surface area contributed by atoms with E-state index < -0.39 is 22.3 Å². The number of hydrogen-bond acceptors (Lipinski definition) is 6. The van der Waals surface area contributed by atoms with E-state index in [0.717, 1.165) is 17.7 Å². The Labute approximate surface area is 165 Å². The maximum absolute atomic E-state index is 11.9. The van der Waals surface area contributed by atoms with Gasteiger partial charge in [0.05, 0.1) is 11.1 Å². The van der Waals surface area contributed by atoms with Gasteiger partial charge in [-0.1, -0.05) is 17.7 Å². The number of aromatic hydroxyl groups is 1. The van der Waals surface area contributed by atoms with Crippen LogP contribution in [0.5, 0.6) is 5.75 Å². The van der Waals surface area contributed by atoms with Gasteiger partial charge >= 0.3 is 5.69 Å². The lowest BCUT2D eigenvalue weighted by atomic mass is 10.2. The van der Waals surface area contributed by atoms with Crippen LogP contribution in [0.3, 0.4) is 0 Å². The Morgan fingerprint density at radius 2 is 1.93 bits per heavy atom. The smallest absolute Gasteiger partial charge is 0.311 e. The molecule has 0 radical (unpaired) electrons. The van der Waals surface area contributed by atoms with E-state index in [-0.39, 0.29) is 18.7 Å². The highest BCUT2D eigenvalue weighted by Gasteiger charge is 2.13. The van der Waals surface area contributed by atoms with Gasteiger partial charge in [-0.3, -0.25) is 19.7 Å². The number of rotatable bonds is 7. The molecular formula is C18H17ClN4O5. The minimum Gasteiger partial charge on any atom is -0.502 e. The largest absolute Gasteiger partial charge is 0.502 e. The fraction of sp³-hybridized carbons (Fsp3) is 0.167. The van der Waals surface area contributed by atoms with Crippen LogP contribution in [0.1, 0.15) is 24.0 Å². The number of nitrogens with zero attached hydrogens (tertiary/aromatic N) is 2. The minimum absolute atomic E-state index is 0.0580. The highest BCUT2D eigenvalue weighted by molar-refractivity contribution is 6.31. The molecular weight excluding hydrogens is 388 g/mol. The lowest BCUT2D eigenvalue weighted by Crippen LogP contribution is -2.20. The second-order valence-corrected chi connectivity index (χ2v) is 6.22. The zero-order chi connectivity index (χ0) is 20.7. The molecule has 0 aliphatic rings. The van der Waals surface area contributed by atoms with E-state index in [2.05, 4.69) is 15.8 Å². The molecule has 146 valence electrons. The number of carbonyl (C=O) groups excluding carboxylic acids is 2. The number of nitro groups is 1. The van der Waals surface area contributed by atoms with Crippen molar-refractivity contribution < 1.29 is 19.6 Å². The minimum atomic E-state index is -0.731. The van der Waals surface area contributed by atoms with Gasteiger partial charge in [0.2, 0.25) is 11.8 Å². The first-order valence-corrected chi connectivity index (χ1v) is 8.49. The Balaban J connectivity index is 1.81. The van der Waals surface area contributed by atoms with Crippen LogP contribution in [0.2, 0.25) is 5.02 Å². The summed E-state index contributed by atoms with van der Waals surface area (Å²) in [5.41, 5.74) is 3.50. The van der Waals surface area contributed by atoms with Crippen LogP contribution in [0, 0.1) is 17.0 Å². The maximum Gasteiger partial charge on any atom is 0.311 e. The van der Waals surface area contributed by atoms with E-state index >= 15 is 0 Å². The molecule has 0 atom stereocenters. The number of carbonyl (C=O) groups is 2. The first-order valence-electron chi connectivity index (χ1n) is 8.11. The molecule has 0 heterocycles. The summed E-state index contributed by atoms with van der Waals surface area (Å²) < 4.78 is 0. The Bertz CT molecular complexity index is 946. The fourth-order valence-corrected chi connectivity index (χ4v) is 2.30. The van der Waals surface area contributed by atoms with Crippen molar-refractivity contribution in [1.82, 2.24) is 5.43 Å². The molecule has 0 aliphatic heterocycles. The SMILES string of the molecule is Cc1ccc(NC(=O)CCC(=O)NN=Cc2ccc(O)c([N+](=O)[O-])c2)cc1Cl. The summed E-state index contributed by atoms with van der Waals surface area (Å²) in [6.07, 6.45) is 1.04. The summed E-state index contributed by atoms with van der Waals surface area (Å²) in [7, 11) is 0. The van der Waals surface area contributed by atoms with Crippen molar-refractivity contribution in [2.45, 2.75) is 19.8 Å². The average molecular weight is 405 g/mol. The Hall–Kier alpha value is -3.46. The third-order valence-corrected chi connectivity index (χ3v) is 4.04. The zero-order valence-corrected chi connectivity index (χ0v) is 15.6. The number of benzene rings is 2. The molecule has 9 nitrogen and oxygen atoms in total. The van der Waals surface area contributed by atoms with E-state index in [4.69, 9.17) is 11.6 Å². The van der Waals surface area contributed by atoms with Crippen molar-refractivity contribution in [2.75, 3.05) is 5.32 Å². The number of nitro benzene ring substituents is 1. The molecule has 2 amide bonds. The number of phenolic OH excluding ortho intramolecular Hbond substituents is 1. The van der Waals surface area contributed by atoms with E-state index in [1.807, 2.05) is 6.92 Å². The van der Waals surface area contributed by atoms with E-state index in [0.29, 0.717) is 16.3 Å². The summed E-state index contributed by atoms with van der Waals surface area (Å²) in [5.74, 6) is -1.32. The Morgan fingerprint density at radius 1 is 1.21 bits per heavy atom. The number of anilines is 1. The molecule has 0 aromatic heterocycles. The molecule has 28 heavy (non-hydrogen) atoms. The molecule has 0 saturated carbocycles. The summed E-state index contributed by atoms with van der Waals surface area (Å²) in [5, 5.41) is 27.0. The van der Waals surface area contributed by atoms with Gasteiger partial charge in [-0.2, -0.15) is 5.10 Å². The Morgan fingerprint density at radius 3 is 2.61 bits per heavy atom. The number of hydrazone groups is 1. The summed E-state index contributed by atoms with van der Waals surface area (Å²) in [6, 6.07) is 8.77. The van der Waals surface area contributed by atoms with Crippen LogP contribution in [0.4, 0.5) is 11.4 Å². The molecule has 10 heteroatoms. The molecule has 2 aromatic rings. The second kappa shape index (κ2) is 9.47. The van der Waals surface area contributed by atoms with Crippen LogP contribution >= 0.6 is 11.6 Å². The van der Waals surface area contributed by atoms with Crippen LogP contribution < -0.4 is 10.7 Å². The molecule has 0 spiro atoms. The molecule has 0 fully saturated rings. The predicted octanol–water partition coefficient (Wildman–Crippen LogP) is 3.13. The van der Waals surface area contributed by atoms with Crippen molar-refractivity contribution >= 4 is 41.0 Å². The second-order valence-electron chi connectivity index (χ2n) is 5.81. The highest BCUT2D eigenvalue weighted by atomic mass is 35.5. The van der Waals surface area contributed by atoms with Gasteiger partial charge < -0.3 is 10.4 Å². The van der Waals surface area contributed by atoms with Crippen LogP contribution in [-0.4, -0.2) is 28.1 Å². The topological polar surface area (TPSA) is 134 Å². The molecule has 0 saturated heterocycles. The molecule has 0 unspecified atom stereocenters. The van der Waals surface area contributed by atoms with Crippen LogP contribution in [-0.2, 0) is 9.59 Å². The standard InChI is InChI=1S/C18H17ClN4O5/c1-11-2-4-13(9-14(11)19)21-17(25)6-7-18(26)22-20-10-12-3-5-16(24)15(8-12)23(27)28/h2-5,8-10,24H,6-7H2,1H3,(H,21,25)(H,22,26). The van der Waals surface area contributed by atoms with E-state index in [1.165, 1.54) is 12.3 Å². The lowest BCUT2D eigenvalue weighted by Gasteiger charge is -2.06. The molecule has 0 bridgehead atoms.